The second-order valence-corrected chi connectivity index (χ2v) is 5.04. The molecule has 1 aliphatic rings. The average Bonchev–Trinajstić information content (AvgIpc) is 2.36. The third-order valence-electron chi connectivity index (χ3n) is 2.78. The largest absolute Gasteiger partial charge is 0.419 e. The number of benzene rings is 1. The molecule has 0 amide bonds. The van der Waals surface area contributed by atoms with Gasteiger partial charge in [-0.1, -0.05) is 6.07 Å². The number of nitrogens with one attached hydrogen (secondary N) is 1. The number of carbonyl (C=O) groups excluding carboxylic acids is 2. The van der Waals surface area contributed by atoms with Crippen molar-refractivity contribution < 1.29 is 19.1 Å². The highest BCUT2D eigenvalue weighted by molar-refractivity contribution is 6.15. The summed E-state index contributed by atoms with van der Waals surface area (Å²) in [6.07, 6.45) is 1.19. The number of nitriles is 1. The Morgan fingerprint density at radius 3 is 2.43 bits per heavy atom. The van der Waals surface area contributed by atoms with Gasteiger partial charge >= 0.3 is 11.9 Å². The van der Waals surface area contributed by atoms with Crippen molar-refractivity contribution in [3.63, 3.8) is 0 Å². The molecule has 0 bridgehead atoms. The molecule has 1 N–H and O–H groups in total. The van der Waals surface area contributed by atoms with Gasteiger partial charge in [-0.2, -0.15) is 5.26 Å². The smallest absolute Gasteiger partial charge is 0.350 e. The van der Waals surface area contributed by atoms with Crippen molar-refractivity contribution in [3.8, 4) is 6.07 Å². The summed E-state index contributed by atoms with van der Waals surface area (Å²) in [4.78, 5) is 23.5. The van der Waals surface area contributed by atoms with Crippen LogP contribution in [0.2, 0.25) is 0 Å². The molecule has 1 fully saturated rings. The summed E-state index contributed by atoms with van der Waals surface area (Å²) >= 11 is 0. The van der Waals surface area contributed by atoms with E-state index in [2.05, 4.69) is 5.32 Å². The van der Waals surface area contributed by atoms with Gasteiger partial charge in [0.2, 0.25) is 0 Å². The van der Waals surface area contributed by atoms with Gasteiger partial charge in [-0.15, -0.1) is 0 Å². The van der Waals surface area contributed by atoms with Gasteiger partial charge in [-0.25, -0.2) is 9.59 Å². The maximum atomic E-state index is 11.8. The van der Waals surface area contributed by atoms with Crippen LogP contribution in [0.1, 0.15) is 25.0 Å². The van der Waals surface area contributed by atoms with E-state index in [9.17, 15) is 9.59 Å². The lowest BCUT2D eigenvalue weighted by Gasteiger charge is -2.29. The SMILES string of the molecule is Cc1ccc(C#N)c(NC=C2C(=O)OC(C)(C)OC2=O)c1. The fourth-order valence-corrected chi connectivity index (χ4v) is 1.80. The zero-order valence-electron chi connectivity index (χ0n) is 11.9. The van der Waals surface area contributed by atoms with E-state index in [1.807, 2.05) is 13.0 Å². The summed E-state index contributed by atoms with van der Waals surface area (Å²) in [5.74, 6) is -2.81. The van der Waals surface area contributed by atoms with Crippen LogP contribution < -0.4 is 5.32 Å². The lowest BCUT2D eigenvalue weighted by Crippen LogP contribution is -2.42. The second kappa shape index (κ2) is 5.29. The van der Waals surface area contributed by atoms with E-state index in [1.165, 1.54) is 20.0 Å². The first-order valence-corrected chi connectivity index (χ1v) is 6.26. The van der Waals surface area contributed by atoms with Crippen molar-refractivity contribution in [2.24, 2.45) is 0 Å². The zero-order chi connectivity index (χ0) is 15.6. The molecule has 1 aliphatic heterocycles. The van der Waals surface area contributed by atoms with E-state index in [1.54, 1.807) is 18.2 Å². The lowest BCUT2D eigenvalue weighted by molar-refractivity contribution is -0.222. The van der Waals surface area contributed by atoms with Crippen LogP contribution in [0.4, 0.5) is 5.69 Å². The highest BCUT2D eigenvalue weighted by Gasteiger charge is 2.38. The molecular weight excluding hydrogens is 272 g/mol. The van der Waals surface area contributed by atoms with Crippen molar-refractivity contribution in [2.75, 3.05) is 5.32 Å². The maximum Gasteiger partial charge on any atom is 0.350 e. The molecule has 0 unspecified atom stereocenters. The third-order valence-corrected chi connectivity index (χ3v) is 2.78. The Morgan fingerprint density at radius 1 is 1.24 bits per heavy atom. The number of anilines is 1. The minimum atomic E-state index is -1.27. The Hall–Kier alpha value is -2.81. The van der Waals surface area contributed by atoms with Gasteiger partial charge in [0.05, 0.1) is 11.3 Å². The summed E-state index contributed by atoms with van der Waals surface area (Å²) in [6.45, 7) is 4.81. The monoisotopic (exact) mass is 286 g/mol. The van der Waals surface area contributed by atoms with Crippen molar-refractivity contribution in [1.29, 1.82) is 5.26 Å². The van der Waals surface area contributed by atoms with Crippen LogP contribution in [0, 0.1) is 18.3 Å². The molecule has 0 aromatic heterocycles. The first kappa shape index (κ1) is 14.6. The highest BCUT2D eigenvalue weighted by Crippen LogP contribution is 2.23. The van der Waals surface area contributed by atoms with E-state index >= 15 is 0 Å². The number of hydrogen-bond donors (Lipinski definition) is 1. The van der Waals surface area contributed by atoms with E-state index in [0.29, 0.717) is 11.3 Å². The molecule has 0 saturated carbocycles. The van der Waals surface area contributed by atoms with Crippen LogP contribution >= 0.6 is 0 Å². The number of aryl methyl sites for hydroxylation is 1. The summed E-state index contributed by atoms with van der Waals surface area (Å²) in [7, 11) is 0. The average molecular weight is 286 g/mol. The molecule has 0 aliphatic carbocycles. The molecule has 2 rings (SSSR count). The van der Waals surface area contributed by atoms with E-state index in [0.717, 1.165) is 5.56 Å². The fourth-order valence-electron chi connectivity index (χ4n) is 1.80. The van der Waals surface area contributed by atoms with E-state index in [-0.39, 0.29) is 5.57 Å². The van der Waals surface area contributed by atoms with Crippen molar-refractivity contribution in [2.45, 2.75) is 26.6 Å². The Balaban J connectivity index is 2.26. The number of carbonyl (C=O) groups is 2. The van der Waals surface area contributed by atoms with Gasteiger partial charge in [0, 0.05) is 20.0 Å². The lowest BCUT2D eigenvalue weighted by atomic mass is 10.1. The van der Waals surface area contributed by atoms with Crippen molar-refractivity contribution in [1.82, 2.24) is 0 Å². The van der Waals surface area contributed by atoms with Crippen LogP contribution in [0.5, 0.6) is 0 Å². The molecule has 1 saturated heterocycles. The molecular formula is C15H14N2O4. The Kier molecular flexibility index (Phi) is 3.68. The molecule has 0 radical (unpaired) electrons. The second-order valence-electron chi connectivity index (χ2n) is 5.04. The van der Waals surface area contributed by atoms with Crippen LogP contribution in [-0.2, 0) is 19.1 Å². The predicted molar refractivity (Wildman–Crippen MR) is 73.9 cm³/mol. The summed E-state index contributed by atoms with van der Waals surface area (Å²) in [5, 5.41) is 11.8. The van der Waals surface area contributed by atoms with Gasteiger partial charge in [0.25, 0.3) is 5.79 Å². The molecule has 1 aromatic carbocycles. The highest BCUT2D eigenvalue weighted by atomic mass is 16.7. The summed E-state index contributed by atoms with van der Waals surface area (Å²) in [6, 6.07) is 7.20. The normalized spacial score (nSPS) is 16.6. The number of esters is 2. The van der Waals surface area contributed by atoms with Gasteiger partial charge < -0.3 is 14.8 Å². The standard InChI is InChI=1S/C15H14N2O4/c1-9-4-5-10(7-16)12(6-9)17-8-11-13(18)20-15(2,3)21-14(11)19/h4-6,8,17H,1-3H3. The molecule has 6 nitrogen and oxygen atoms in total. The molecule has 6 heteroatoms. The van der Waals surface area contributed by atoms with Gasteiger partial charge in [-0.05, 0) is 24.6 Å². The number of hydrogen-bond acceptors (Lipinski definition) is 6. The van der Waals surface area contributed by atoms with Crippen molar-refractivity contribution >= 4 is 17.6 Å². The molecule has 1 heterocycles. The first-order valence-electron chi connectivity index (χ1n) is 6.26. The van der Waals surface area contributed by atoms with Crippen LogP contribution in [-0.4, -0.2) is 17.7 Å². The number of nitrogens with zero attached hydrogens (tertiary/aromatic N) is 1. The zero-order valence-corrected chi connectivity index (χ0v) is 11.9. The topological polar surface area (TPSA) is 88.4 Å². The van der Waals surface area contributed by atoms with Crippen LogP contribution in [0.3, 0.4) is 0 Å². The van der Waals surface area contributed by atoms with E-state index < -0.39 is 17.7 Å². The maximum absolute atomic E-state index is 11.8. The Morgan fingerprint density at radius 2 is 1.86 bits per heavy atom. The Labute approximate surface area is 122 Å². The minimum Gasteiger partial charge on any atom is -0.419 e. The fraction of sp³-hybridized carbons (Fsp3) is 0.267. The predicted octanol–water partition coefficient (Wildman–Crippen LogP) is 2.00. The number of ether oxygens (including phenoxy) is 2. The number of cyclic esters (lactones) is 2. The van der Waals surface area contributed by atoms with Crippen LogP contribution in [0.15, 0.2) is 30.0 Å². The van der Waals surface area contributed by atoms with Crippen LogP contribution in [0.25, 0.3) is 0 Å². The molecule has 0 spiro atoms. The van der Waals surface area contributed by atoms with Crippen molar-refractivity contribution in [3.05, 3.63) is 41.1 Å². The molecule has 21 heavy (non-hydrogen) atoms. The summed E-state index contributed by atoms with van der Waals surface area (Å²) in [5.41, 5.74) is 1.58. The molecule has 0 atom stereocenters. The van der Waals surface area contributed by atoms with Gasteiger partial charge in [-0.3, -0.25) is 0 Å². The first-order chi connectivity index (χ1) is 9.82. The third kappa shape index (κ3) is 3.20. The quantitative estimate of drug-likeness (QED) is 0.508. The summed E-state index contributed by atoms with van der Waals surface area (Å²) < 4.78 is 9.94. The van der Waals surface area contributed by atoms with Gasteiger partial charge in [0.15, 0.2) is 5.57 Å². The number of rotatable bonds is 2. The molecule has 108 valence electrons. The molecule has 1 aromatic rings. The van der Waals surface area contributed by atoms with E-state index in [4.69, 9.17) is 14.7 Å². The minimum absolute atomic E-state index is 0.250. The van der Waals surface area contributed by atoms with Gasteiger partial charge in [0.1, 0.15) is 6.07 Å². The Bertz CT molecular complexity index is 661.